The van der Waals surface area contributed by atoms with Crippen LogP contribution in [-0.2, 0) is 19.2 Å². The van der Waals surface area contributed by atoms with Crippen molar-refractivity contribution in [3.05, 3.63) is 10.1 Å². The third-order valence-corrected chi connectivity index (χ3v) is 0.968. The molecule has 7 heavy (non-hydrogen) atoms. The number of halogens is 3. The summed E-state index contributed by atoms with van der Waals surface area (Å²) in [5.41, 5.74) is 0. The van der Waals surface area contributed by atoms with Gasteiger partial charge in [0, 0.05) is 0 Å². The van der Waals surface area contributed by atoms with E-state index in [1.165, 1.54) is 10.5 Å². The Morgan fingerprint density at radius 1 is 1.29 bits per heavy atom. The molecule has 0 saturated heterocycles. The van der Waals surface area contributed by atoms with Gasteiger partial charge >= 0.3 is 35.7 Å². The fourth-order valence-corrected chi connectivity index (χ4v) is 0.191. The molecule has 0 aromatic carbocycles. The molecule has 1 aliphatic rings. The molecule has 0 radical (unpaired) electrons. The standard InChI is InChI=1S/C3H3.3ClH.Pd/c1-2-3-1;;;;/h1H,2H2;3*1H;. The summed E-state index contributed by atoms with van der Waals surface area (Å²) < 4.78 is 1.39. The fourth-order valence-electron chi connectivity index (χ4n) is 0.0323. The molecule has 0 aromatic heterocycles. The summed E-state index contributed by atoms with van der Waals surface area (Å²) in [5.74, 6) is 0. The number of allylic oxidation sites excluding steroid dienone is 2. The number of rotatable bonds is 0. The van der Waals surface area contributed by atoms with Gasteiger partial charge in [0.2, 0.25) is 0 Å². The van der Waals surface area contributed by atoms with Gasteiger partial charge in [0.15, 0.2) is 0 Å². The third-order valence-electron chi connectivity index (χ3n) is 0.333. The molecule has 1 rings (SSSR count). The van der Waals surface area contributed by atoms with E-state index in [9.17, 15) is 0 Å². The zero-order chi connectivity index (χ0) is 2.99. The average Bonchev–Trinajstić information content (AvgIpc) is 1.75. The Balaban J connectivity index is -0.0000000533. The van der Waals surface area contributed by atoms with E-state index in [4.69, 9.17) is 0 Å². The van der Waals surface area contributed by atoms with Crippen LogP contribution in [0.1, 0.15) is 6.42 Å². The van der Waals surface area contributed by atoms with Gasteiger partial charge in [-0.25, -0.2) is 0 Å². The van der Waals surface area contributed by atoms with Crippen molar-refractivity contribution in [2.24, 2.45) is 0 Å². The van der Waals surface area contributed by atoms with Gasteiger partial charge in [-0.05, 0) is 0 Å². The zero-order valence-electron chi connectivity index (χ0n) is 3.33. The van der Waals surface area contributed by atoms with Crippen LogP contribution in [-0.4, -0.2) is 0 Å². The van der Waals surface area contributed by atoms with Gasteiger partial charge in [-0.2, -0.15) is 0 Å². The van der Waals surface area contributed by atoms with E-state index in [2.05, 4.69) is 25.3 Å². The third kappa shape index (κ3) is 11.1. The van der Waals surface area contributed by atoms with E-state index in [0.29, 0.717) is 0 Å². The summed E-state index contributed by atoms with van der Waals surface area (Å²) in [5, 5.41) is 0. The summed E-state index contributed by atoms with van der Waals surface area (Å²) >= 11 is 3.02. The minimum atomic E-state index is 0. The van der Waals surface area contributed by atoms with E-state index < -0.39 is 0 Å². The van der Waals surface area contributed by atoms with Gasteiger partial charge in [-0.15, -0.1) is 37.2 Å². The molecule has 0 heterocycles. The summed E-state index contributed by atoms with van der Waals surface area (Å²) in [6.07, 6.45) is 3.35. The van der Waals surface area contributed by atoms with Crippen molar-refractivity contribution < 1.29 is 19.2 Å². The van der Waals surface area contributed by atoms with Gasteiger partial charge in [0.25, 0.3) is 0 Å². The fraction of sp³-hybridized carbons (Fsp3) is 0.333. The van der Waals surface area contributed by atoms with E-state index in [1.807, 2.05) is 0 Å². The SMILES string of the molecule is Cl.Cl.Cl.[Pd][C]1=CC1. The molecule has 0 aromatic rings. The monoisotopic (exact) mass is 253 g/mol. The van der Waals surface area contributed by atoms with Crippen LogP contribution >= 0.6 is 37.2 Å². The van der Waals surface area contributed by atoms with Crippen LogP contribution in [0, 0.1) is 0 Å². The van der Waals surface area contributed by atoms with Crippen LogP contribution in [0.2, 0.25) is 0 Å². The Bertz CT molecular complexity index is 61.2. The maximum atomic E-state index is 3.02. The Morgan fingerprint density at radius 3 is 1.43 bits per heavy atom. The van der Waals surface area contributed by atoms with Crippen LogP contribution < -0.4 is 0 Å². The predicted octanol–water partition coefficient (Wildman–Crippen LogP) is 2.09. The zero-order valence-corrected chi connectivity index (χ0v) is 7.33. The Kier molecular flexibility index (Phi) is 16.4. The molecule has 49 valence electrons. The molecular weight excluding hydrogens is 249 g/mol. The molecule has 0 aliphatic heterocycles. The molecule has 4 heteroatoms. The molecule has 0 atom stereocenters. The second-order valence-corrected chi connectivity index (χ2v) is 1.81. The van der Waals surface area contributed by atoms with Crippen molar-refractivity contribution in [1.29, 1.82) is 0 Å². The summed E-state index contributed by atoms with van der Waals surface area (Å²) in [4.78, 5) is 0. The first kappa shape index (κ1) is 15.7. The van der Waals surface area contributed by atoms with Crippen LogP contribution in [0.25, 0.3) is 0 Å². The van der Waals surface area contributed by atoms with Gasteiger partial charge in [0.05, 0.1) is 0 Å². The number of hydrogen-bond donors (Lipinski definition) is 0. The van der Waals surface area contributed by atoms with Gasteiger partial charge in [-0.1, -0.05) is 0 Å². The second-order valence-electron chi connectivity index (χ2n) is 0.815. The van der Waals surface area contributed by atoms with Crippen molar-refractivity contribution in [3.63, 3.8) is 0 Å². The van der Waals surface area contributed by atoms with Crippen molar-refractivity contribution in [2.75, 3.05) is 0 Å². The number of hydrogen-bond acceptors (Lipinski definition) is 0. The average molecular weight is 255 g/mol. The van der Waals surface area contributed by atoms with Crippen molar-refractivity contribution >= 4 is 37.2 Å². The van der Waals surface area contributed by atoms with Gasteiger partial charge in [0.1, 0.15) is 0 Å². The minimum absolute atomic E-state index is 0. The summed E-state index contributed by atoms with van der Waals surface area (Å²) in [6.45, 7) is 0. The second kappa shape index (κ2) is 7.27. The van der Waals surface area contributed by atoms with E-state index >= 15 is 0 Å². The Hall–Kier alpha value is 1.27. The Morgan fingerprint density at radius 2 is 1.43 bits per heavy atom. The maximum absolute atomic E-state index is 3.02. The molecule has 0 spiro atoms. The first-order valence-corrected chi connectivity index (χ1v) is 1.99. The van der Waals surface area contributed by atoms with Gasteiger partial charge in [-0.3, -0.25) is 0 Å². The molecule has 0 bridgehead atoms. The Labute approximate surface area is 72.8 Å². The molecule has 0 saturated carbocycles. The molecular formula is C3H6Cl3Pd. The predicted molar refractivity (Wildman–Crippen MR) is 34.4 cm³/mol. The van der Waals surface area contributed by atoms with Crippen LogP contribution in [0.15, 0.2) is 10.1 Å². The van der Waals surface area contributed by atoms with E-state index in [1.54, 1.807) is 0 Å². The van der Waals surface area contributed by atoms with Gasteiger partial charge < -0.3 is 0 Å². The van der Waals surface area contributed by atoms with E-state index in [-0.39, 0.29) is 37.2 Å². The van der Waals surface area contributed by atoms with Crippen LogP contribution in [0.4, 0.5) is 0 Å². The van der Waals surface area contributed by atoms with Crippen LogP contribution in [0.3, 0.4) is 0 Å². The molecule has 0 unspecified atom stereocenters. The van der Waals surface area contributed by atoms with Crippen LogP contribution in [0.5, 0.6) is 0 Å². The molecule has 0 fully saturated rings. The van der Waals surface area contributed by atoms with Crippen molar-refractivity contribution in [2.45, 2.75) is 6.42 Å². The summed E-state index contributed by atoms with van der Waals surface area (Å²) in [7, 11) is 0. The van der Waals surface area contributed by atoms with E-state index in [0.717, 1.165) is 0 Å². The van der Waals surface area contributed by atoms with Crippen molar-refractivity contribution in [1.82, 2.24) is 0 Å². The molecule has 0 nitrogen and oxygen atoms in total. The summed E-state index contributed by atoms with van der Waals surface area (Å²) in [6, 6.07) is 0. The molecule has 0 N–H and O–H groups in total. The normalized spacial score (nSPS) is 11.4. The van der Waals surface area contributed by atoms with Crippen molar-refractivity contribution in [3.8, 4) is 0 Å². The first-order chi connectivity index (χ1) is 1.89. The quantitative estimate of drug-likeness (QED) is 0.581. The molecule has 1 aliphatic carbocycles. The topological polar surface area (TPSA) is 0 Å². The first-order valence-electron chi connectivity index (χ1n) is 1.21. The molecule has 0 amide bonds.